The molecule has 0 aliphatic carbocycles. The van der Waals surface area contributed by atoms with Crippen LogP contribution in [-0.2, 0) is 13.0 Å². The Hall–Kier alpha value is -3.31. The molecule has 0 saturated heterocycles. The van der Waals surface area contributed by atoms with E-state index in [1.165, 1.54) is 22.3 Å². The molecule has 0 bridgehead atoms. The van der Waals surface area contributed by atoms with Crippen LogP contribution < -0.4 is 14.2 Å². The second-order valence-corrected chi connectivity index (χ2v) is 8.81. The van der Waals surface area contributed by atoms with Gasteiger partial charge in [0, 0.05) is 36.2 Å². The molecule has 5 heteroatoms. The Labute approximate surface area is 202 Å². The molecule has 2 unspecified atom stereocenters. The molecule has 2 atom stereocenters. The van der Waals surface area contributed by atoms with Crippen LogP contribution in [0, 0.1) is 0 Å². The zero-order valence-corrected chi connectivity index (χ0v) is 20.6. The number of fused-ring (bicyclic) bond motifs is 4. The van der Waals surface area contributed by atoms with Gasteiger partial charge in [-0.25, -0.2) is 0 Å². The van der Waals surface area contributed by atoms with Crippen molar-refractivity contribution >= 4 is 5.78 Å². The molecule has 5 rings (SSSR count). The zero-order chi connectivity index (χ0) is 24.2. The van der Waals surface area contributed by atoms with E-state index in [0.29, 0.717) is 12.0 Å². The van der Waals surface area contributed by atoms with E-state index < -0.39 is 0 Å². The van der Waals surface area contributed by atoms with E-state index in [9.17, 15) is 4.79 Å². The third-order valence-electron chi connectivity index (χ3n) is 6.92. The van der Waals surface area contributed by atoms with E-state index in [4.69, 9.17) is 14.2 Å². The first-order chi connectivity index (χ1) is 16.5. The van der Waals surface area contributed by atoms with Crippen LogP contribution in [-0.4, -0.2) is 38.6 Å². The Bertz CT molecular complexity index is 1160. The minimum Gasteiger partial charge on any atom is -0.497 e. The number of rotatable bonds is 4. The van der Waals surface area contributed by atoms with Gasteiger partial charge in [0.15, 0.2) is 17.3 Å². The molecule has 178 valence electrons. The molecular weight excluding hydrogens is 426 g/mol. The summed E-state index contributed by atoms with van der Waals surface area (Å²) in [6, 6.07) is 20.4. The fraction of sp³-hybridized carbons (Fsp3) is 0.345. The molecule has 0 radical (unpaired) electrons. The standard InChI is InChI=1S/C21H25NO3.C8H8O/c1-13-16-7-8-19(24-3)21(25-4)18(16)12-22-10-9-14-11-15(23-2)5-6-17(14)20(13)22;1-7(9)8-5-3-2-4-6-8/h5-8,11,13,20H,9-10,12H2,1-4H3;2-6H,1H3. The van der Waals surface area contributed by atoms with Crippen LogP contribution in [0.2, 0.25) is 0 Å². The Morgan fingerprint density at radius 1 is 0.912 bits per heavy atom. The van der Waals surface area contributed by atoms with E-state index in [1.807, 2.05) is 36.4 Å². The van der Waals surface area contributed by atoms with E-state index in [2.05, 4.69) is 36.1 Å². The summed E-state index contributed by atoms with van der Waals surface area (Å²) in [5.41, 5.74) is 6.25. The molecule has 2 aliphatic heterocycles. The lowest BCUT2D eigenvalue weighted by Crippen LogP contribution is -2.41. The van der Waals surface area contributed by atoms with Gasteiger partial charge < -0.3 is 14.2 Å². The maximum atomic E-state index is 10.6. The minimum absolute atomic E-state index is 0.121. The van der Waals surface area contributed by atoms with Crippen LogP contribution in [0.1, 0.15) is 58.4 Å². The number of Topliss-reactive ketones (excluding diaryl/α,β-unsaturated/α-hetero) is 1. The highest BCUT2D eigenvalue weighted by Crippen LogP contribution is 2.49. The lowest BCUT2D eigenvalue weighted by molar-refractivity contribution is 0.101. The molecule has 2 aliphatic rings. The van der Waals surface area contributed by atoms with Gasteiger partial charge in [0.2, 0.25) is 0 Å². The first kappa shape index (κ1) is 23.8. The van der Waals surface area contributed by atoms with Crippen LogP contribution in [0.3, 0.4) is 0 Å². The highest BCUT2D eigenvalue weighted by molar-refractivity contribution is 5.93. The highest BCUT2D eigenvalue weighted by atomic mass is 16.5. The number of carbonyl (C=O) groups is 1. The van der Waals surface area contributed by atoms with Crippen LogP contribution in [0.25, 0.3) is 0 Å². The fourth-order valence-electron chi connectivity index (χ4n) is 5.22. The van der Waals surface area contributed by atoms with Crippen molar-refractivity contribution in [3.63, 3.8) is 0 Å². The van der Waals surface area contributed by atoms with Crippen molar-refractivity contribution in [2.24, 2.45) is 0 Å². The average molecular weight is 460 g/mol. The normalized spacial score (nSPS) is 18.4. The van der Waals surface area contributed by atoms with Gasteiger partial charge in [-0.3, -0.25) is 9.69 Å². The molecule has 0 fully saturated rings. The summed E-state index contributed by atoms with van der Waals surface area (Å²) in [4.78, 5) is 13.2. The van der Waals surface area contributed by atoms with E-state index in [1.54, 1.807) is 28.3 Å². The molecule has 34 heavy (non-hydrogen) atoms. The first-order valence-corrected chi connectivity index (χ1v) is 11.7. The summed E-state index contributed by atoms with van der Waals surface area (Å²) in [7, 11) is 5.16. The molecule has 0 N–H and O–H groups in total. The Morgan fingerprint density at radius 2 is 1.65 bits per heavy atom. The largest absolute Gasteiger partial charge is 0.497 e. The average Bonchev–Trinajstić information content (AvgIpc) is 2.88. The summed E-state index contributed by atoms with van der Waals surface area (Å²) < 4.78 is 16.6. The monoisotopic (exact) mass is 459 g/mol. The molecule has 0 amide bonds. The number of methoxy groups -OCH3 is 3. The predicted octanol–water partition coefficient (Wildman–Crippen LogP) is 5.82. The molecule has 2 heterocycles. The van der Waals surface area contributed by atoms with Crippen molar-refractivity contribution in [2.75, 3.05) is 27.9 Å². The van der Waals surface area contributed by atoms with Crippen molar-refractivity contribution in [2.45, 2.75) is 38.8 Å². The summed E-state index contributed by atoms with van der Waals surface area (Å²) >= 11 is 0. The van der Waals surface area contributed by atoms with E-state index in [-0.39, 0.29) is 5.78 Å². The van der Waals surface area contributed by atoms with Crippen molar-refractivity contribution in [3.8, 4) is 17.2 Å². The Balaban J connectivity index is 0.000000257. The van der Waals surface area contributed by atoms with Crippen LogP contribution in [0.5, 0.6) is 17.2 Å². The number of hydrogen-bond acceptors (Lipinski definition) is 5. The molecule has 0 spiro atoms. The lowest BCUT2D eigenvalue weighted by Gasteiger charge is -2.45. The number of ether oxygens (including phenoxy) is 3. The Morgan fingerprint density at radius 3 is 2.26 bits per heavy atom. The maximum Gasteiger partial charge on any atom is 0.165 e. The van der Waals surface area contributed by atoms with Gasteiger partial charge in [-0.2, -0.15) is 0 Å². The second kappa shape index (κ2) is 10.3. The van der Waals surface area contributed by atoms with Crippen LogP contribution in [0.15, 0.2) is 60.7 Å². The Kier molecular flexibility index (Phi) is 7.23. The molecule has 3 aromatic carbocycles. The molecule has 3 aromatic rings. The van der Waals surface area contributed by atoms with Crippen molar-refractivity contribution < 1.29 is 19.0 Å². The summed E-state index contributed by atoms with van der Waals surface area (Å²) in [6.07, 6.45) is 1.05. The van der Waals surface area contributed by atoms with Crippen LogP contribution >= 0.6 is 0 Å². The first-order valence-electron chi connectivity index (χ1n) is 11.7. The van der Waals surface area contributed by atoms with Crippen LogP contribution in [0.4, 0.5) is 0 Å². The van der Waals surface area contributed by atoms with Gasteiger partial charge in [0.25, 0.3) is 0 Å². The minimum atomic E-state index is 0.121. The number of ketones is 1. The SMILES string of the molecule is CC(=O)c1ccccc1.COc1ccc2c(c1)CCN1Cc3c(ccc(OC)c3OC)C(C)C21. The molecule has 5 nitrogen and oxygen atoms in total. The van der Waals surface area contributed by atoms with Crippen molar-refractivity contribution in [1.82, 2.24) is 4.90 Å². The molecule has 0 saturated carbocycles. The predicted molar refractivity (Wildman–Crippen MR) is 134 cm³/mol. The van der Waals surface area contributed by atoms with Gasteiger partial charge in [0.05, 0.1) is 21.3 Å². The quantitative estimate of drug-likeness (QED) is 0.460. The third kappa shape index (κ3) is 4.53. The maximum absolute atomic E-state index is 10.6. The van der Waals surface area contributed by atoms with Gasteiger partial charge in [0.1, 0.15) is 5.75 Å². The highest BCUT2D eigenvalue weighted by Gasteiger charge is 2.38. The molecular formula is C29H33NO4. The van der Waals surface area contributed by atoms with Gasteiger partial charge in [-0.1, -0.05) is 49.4 Å². The number of hydrogen-bond donors (Lipinski definition) is 0. The van der Waals surface area contributed by atoms with E-state index in [0.717, 1.165) is 42.3 Å². The van der Waals surface area contributed by atoms with Gasteiger partial charge in [-0.15, -0.1) is 0 Å². The number of nitrogens with zero attached hydrogens (tertiary/aromatic N) is 1. The summed E-state index contributed by atoms with van der Waals surface area (Å²) in [6.45, 7) is 5.83. The lowest BCUT2D eigenvalue weighted by atomic mass is 9.77. The smallest absolute Gasteiger partial charge is 0.165 e. The fourth-order valence-corrected chi connectivity index (χ4v) is 5.22. The number of benzene rings is 3. The van der Waals surface area contributed by atoms with Crippen molar-refractivity contribution in [3.05, 3.63) is 88.5 Å². The summed E-state index contributed by atoms with van der Waals surface area (Å²) in [5, 5.41) is 0. The molecule has 0 aromatic heterocycles. The third-order valence-corrected chi connectivity index (χ3v) is 6.92. The number of carbonyl (C=O) groups excluding carboxylic acids is 1. The van der Waals surface area contributed by atoms with E-state index >= 15 is 0 Å². The van der Waals surface area contributed by atoms with Gasteiger partial charge in [-0.05, 0) is 48.2 Å². The second-order valence-electron chi connectivity index (χ2n) is 8.81. The summed E-state index contributed by atoms with van der Waals surface area (Å²) in [5.74, 6) is 3.16. The zero-order valence-electron chi connectivity index (χ0n) is 20.6. The van der Waals surface area contributed by atoms with Gasteiger partial charge >= 0.3 is 0 Å². The topological polar surface area (TPSA) is 48.0 Å². The van der Waals surface area contributed by atoms with Crippen molar-refractivity contribution in [1.29, 1.82) is 0 Å².